The zero-order chi connectivity index (χ0) is 28.7. The average Bonchev–Trinajstić information content (AvgIpc) is 3.06. The zero-order valence-electron chi connectivity index (χ0n) is 23.8. The summed E-state index contributed by atoms with van der Waals surface area (Å²) in [6.45, 7) is 3.16. The van der Waals surface area contributed by atoms with Crippen molar-refractivity contribution in [2.75, 3.05) is 20.2 Å². The molecule has 0 unspecified atom stereocenters. The summed E-state index contributed by atoms with van der Waals surface area (Å²) < 4.78 is 11.9. The molecule has 1 fully saturated rings. The van der Waals surface area contributed by atoms with Gasteiger partial charge in [-0.25, -0.2) is 4.98 Å². The first kappa shape index (κ1) is 27.5. The summed E-state index contributed by atoms with van der Waals surface area (Å²) in [5, 5.41) is 5.47. The number of aromatic nitrogens is 1. The second kappa shape index (κ2) is 12.9. The summed E-state index contributed by atoms with van der Waals surface area (Å²) in [5.41, 5.74) is 5.01. The highest BCUT2D eigenvalue weighted by molar-refractivity contribution is 5.94. The molecule has 42 heavy (non-hydrogen) atoms. The third kappa shape index (κ3) is 6.45. The molecule has 6 rings (SSSR count). The van der Waals surface area contributed by atoms with Crippen LogP contribution in [0.5, 0.6) is 11.6 Å². The molecule has 0 aliphatic carbocycles. The number of carbonyl (C=O) groups is 1. The number of pyridine rings is 1. The molecular formula is C36H35N3O3. The number of rotatable bonds is 9. The van der Waals surface area contributed by atoms with E-state index in [1.807, 2.05) is 54.6 Å². The van der Waals surface area contributed by atoms with Gasteiger partial charge in [-0.1, -0.05) is 78.9 Å². The molecule has 4 aromatic carbocycles. The minimum absolute atomic E-state index is 0.109. The van der Waals surface area contributed by atoms with Gasteiger partial charge in [0.1, 0.15) is 11.9 Å². The van der Waals surface area contributed by atoms with Crippen LogP contribution in [0.15, 0.2) is 109 Å². The van der Waals surface area contributed by atoms with Gasteiger partial charge in [-0.15, -0.1) is 0 Å². The number of carbonyl (C=O) groups excluding carboxylic acids is 1. The summed E-state index contributed by atoms with van der Waals surface area (Å²) in [6.07, 6.45) is 3.79. The van der Waals surface area contributed by atoms with E-state index in [4.69, 9.17) is 9.47 Å². The number of hydrogen-bond donors (Lipinski definition) is 1. The van der Waals surface area contributed by atoms with Crippen molar-refractivity contribution in [3.05, 3.63) is 126 Å². The van der Waals surface area contributed by atoms with E-state index in [1.165, 1.54) is 16.3 Å². The van der Waals surface area contributed by atoms with Crippen molar-refractivity contribution in [2.24, 2.45) is 0 Å². The van der Waals surface area contributed by atoms with Crippen molar-refractivity contribution in [1.29, 1.82) is 0 Å². The van der Waals surface area contributed by atoms with Gasteiger partial charge in [-0.05, 0) is 58.5 Å². The highest BCUT2D eigenvalue weighted by Gasteiger charge is 2.22. The van der Waals surface area contributed by atoms with Crippen molar-refractivity contribution in [2.45, 2.75) is 32.0 Å². The lowest BCUT2D eigenvalue weighted by Gasteiger charge is -2.32. The van der Waals surface area contributed by atoms with Gasteiger partial charge >= 0.3 is 0 Å². The number of piperidine rings is 1. The van der Waals surface area contributed by atoms with Crippen LogP contribution >= 0.6 is 0 Å². The number of methoxy groups -OCH3 is 1. The van der Waals surface area contributed by atoms with Gasteiger partial charge in [0, 0.05) is 49.6 Å². The van der Waals surface area contributed by atoms with Gasteiger partial charge in [0.15, 0.2) is 0 Å². The Hall–Kier alpha value is -4.68. The Bertz CT molecular complexity index is 1630. The van der Waals surface area contributed by atoms with Crippen LogP contribution < -0.4 is 14.8 Å². The van der Waals surface area contributed by atoms with Crippen LogP contribution in [0.4, 0.5) is 0 Å². The first-order chi connectivity index (χ1) is 20.7. The molecule has 1 aliphatic heterocycles. The molecule has 1 amide bonds. The lowest BCUT2D eigenvalue weighted by Crippen LogP contribution is -2.38. The van der Waals surface area contributed by atoms with Gasteiger partial charge in [0.2, 0.25) is 5.88 Å². The molecular weight excluding hydrogens is 522 g/mol. The van der Waals surface area contributed by atoms with Crippen LogP contribution in [0.1, 0.15) is 34.3 Å². The molecule has 6 nitrogen and oxygen atoms in total. The fraction of sp³-hybridized carbons (Fsp3) is 0.222. The minimum Gasteiger partial charge on any atom is -0.496 e. The Morgan fingerprint density at radius 2 is 1.60 bits per heavy atom. The van der Waals surface area contributed by atoms with E-state index >= 15 is 0 Å². The second-order valence-corrected chi connectivity index (χ2v) is 10.7. The Morgan fingerprint density at radius 1 is 0.857 bits per heavy atom. The Kier molecular flexibility index (Phi) is 8.43. The number of nitrogens with one attached hydrogen (secondary N) is 1. The number of likely N-dealkylation sites (tertiary alicyclic amines) is 1. The molecule has 1 N–H and O–H groups in total. The largest absolute Gasteiger partial charge is 0.496 e. The van der Waals surface area contributed by atoms with Crippen LogP contribution in [0.3, 0.4) is 0 Å². The third-order valence-electron chi connectivity index (χ3n) is 7.93. The second-order valence-electron chi connectivity index (χ2n) is 10.7. The van der Waals surface area contributed by atoms with Crippen LogP contribution in [0.2, 0.25) is 0 Å². The Balaban J connectivity index is 0.977. The summed E-state index contributed by atoms with van der Waals surface area (Å²) >= 11 is 0. The van der Waals surface area contributed by atoms with Crippen molar-refractivity contribution >= 4 is 16.7 Å². The molecule has 1 aromatic heterocycles. The Morgan fingerprint density at radius 3 is 2.33 bits per heavy atom. The molecule has 1 aliphatic rings. The fourth-order valence-electron chi connectivity index (χ4n) is 5.56. The molecule has 0 spiro atoms. The maximum Gasteiger partial charge on any atom is 0.251 e. The monoisotopic (exact) mass is 557 g/mol. The normalized spacial score (nSPS) is 14.0. The van der Waals surface area contributed by atoms with Crippen molar-refractivity contribution in [3.8, 4) is 22.8 Å². The van der Waals surface area contributed by atoms with Gasteiger partial charge in [0.25, 0.3) is 5.91 Å². The fourth-order valence-corrected chi connectivity index (χ4v) is 5.56. The zero-order valence-corrected chi connectivity index (χ0v) is 23.8. The number of fused-ring (bicyclic) bond motifs is 1. The van der Waals surface area contributed by atoms with Gasteiger partial charge < -0.3 is 14.8 Å². The van der Waals surface area contributed by atoms with Gasteiger partial charge in [-0.3, -0.25) is 9.69 Å². The van der Waals surface area contributed by atoms with Crippen LogP contribution in [-0.2, 0) is 13.1 Å². The van der Waals surface area contributed by atoms with Crippen LogP contribution in [0.25, 0.3) is 21.9 Å². The van der Waals surface area contributed by atoms with Crippen molar-refractivity contribution < 1.29 is 14.3 Å². The van der Waals surface area contributed by atoms with Crippen LogP contribution in [-0.4, -0.2) is 42.1 Å². The molecule has 6 heteroatoms. The SMILES string of the molecule is COc1ccc2ccccc2c1CN1CCC(Oc2ccc(CNC(=O)c3ccc(-c4ccccc4)cc3)cn2)CC1. The molecule has 1 saturated heterocycles. The molecule has 0 radical (unpaired) electrons. The number of nitrogens with zero attached hydrogens (tertiary/aromatic N) is 2. The number of benzene rings is 4. The van der Waals surface area contributed by atoms with Gasteiger partial charge in [0.05, 0.1) is 7.11 Å². The quantitative estimate of drug-likeness (QED) is 0.214. The smallest absolute Gasteiger partial charge is 0.251 e. The minimum atomic E-state index is -0.109. The van der Waals surface area contributed by atoms with E-state index in [9.17, 15) is 4.79 Å². The molecule has 0 saturated carbocycles. The first-order valence-corrected chi connectivity index (χ1v) is 14.5. The van der Waals surface area contributed by atoms with E-state index < -0.39 is 0 Å². The maximum atomic E-state index is 12.7. The Labute approximate surface area is 246 Å². The maximum absolute atomic E-state index is 12.7. The summed E-state index contributed by atoms with van der Waals surface area (Å²) in [6, 6.07) is 34.3. The number of hydrogen-bond acceptors (Lipinski definition) is 5. The number of ether oxygens (including phenoxy) is 2. The van der Waals surface area contributed by atoms with E-state index in [1.54, 1.807) is 13.3 Å². The molecule has 0 atom stereocenters. The predicted molar refractivity (Wildman–Crippen MR) is 167 cm³/mol. The van der Waals surface area contributed by atoms with Crippen LogP contribution in [0, 0.1) is 0 Å². The van der Waals surface area contributed by atoms with Crippen molar-refractivity contribution in [1.82, 2.24) is 15.2 Å². The first-order valence-electron chi connectivity index (χ1n) is 14.5. The summed E-state index contributed by atoms with van der Waals surface area (Å²) in [7, 11) is 1.74. The van der Waals surface area contributed by atoms with Gasteiger partial charge in [-0.2, -0.15) is 0 Å². The lowest BCUT2D eigenvalue weighted by molar-refractivity contribution is 0.0930. The standard InChI is InChI=1S/C36H35N3O3/c1-41-34-17-16-29-9-5-6-10-32(29)33(34)25-39-21-19-31(20-22-39)42-35-18-11-26(23-37-35)24-38-36(40)30-14-12-28(13-15-30)27-7-3-2-4-8-27/h2-18,23,31H,19-22,24-25H2,1H3,(H,38,40). The number of amides is 1. The molecule has 2 heterocycles. The third-order valence-corrected chi connectivity index (χ3v) is 7.93. The van der Waals surface area contributed by atoms with E-state index in [0.29, 0.717) is 18.0 Å². The lowest BCUT2D eigenvalue weighted by atomic mass is 10.0. The average molecular weight is 558 g/mol. The molecule has 5 aromatic rings. The summed E-state index contributed by atoms with van der Waals surface area (Å²) in [5.74, 6) is 1.45. The highest BCUT2D eigenvalue weighted by Crippen LogP contribution is 2.30. The van der Waals surface area contributed by atoms with Crippen molar-refractivity contribution in [3.63, 3.8) is 0 Å². The predicted octanol–water partition coefficient (Wildman–Crippen LogP) is 6.88. The van der Waals surface area contributed by atoms with E-state index in [0.717, 1.165) is 54.9 Å². The van der Waals surface area contributed by atoms with E-state index in [-0.39, 0.29) is 12.0 Å². The van der Waals surface area contributed by atoms with E-state index in [2.05, 4.69) is 63.7 Å². The highest BCUT2D eigenvalue weighted by atomic mass is 16.5. The molecule has 0 bridgehead atoms. The summed E-state index contributed by atoms with van der Waals surface area (Å²) in [4.78, 5) is 19.6. The topological polar surface area (TPSA) is 63.7 Å². The molecule has 212 valence electrons.